The topological polar surface area (TPSA) is 59.1 Å². The van der Waals surface area contributed by atoms with Crippen molar-refractivity contribution >= 4 is 130 Å². The second kappa shape index (κ2) is 48.9. The summed E-state index contributed by atoms with van der Waals surface area (Å²) in [5, 5.41) is 6.78. The lowest BCUT2D eigenvalue weighted by Gasteiger charge is -2.29. The third-order valence-corrected chi connectivity index (χ3v) is 29.4. The van der Waals surface area contributed by atoms with Crippen LogP contribution < -0.4 is 9.47 Å². The van der Waals surface area contributed by atoms with Gasteiger partial charge >= 0.3 is 0 Å². The molecule has 0 radical (unpaired) electrons. The van der Waals surface area contributed by atoms with E-state index in [2.05, 4.69) is 98.5 Å². The van der Waals surface area contributed by atoms with Gasteiger partial charge in [-0.3, -0.25) is 9.59 Å². The van der Waals surface area contributed by atoms with Crippen LogP contribution in [0.2, 0.25) is 0 Å². The first-order valence-corrected chi connectivity index (χ1v) is 48.7. The lowest BCUT2D eigenvalue weighted by atomic mass is 9.93. The Morgan fingerprint density at radius 3 is 1.02 bits per heavy atom. The first-order chi connectivity index (χ1) is 51.3. The predicted octanol–water partition coefficient (Wildman–Crippen LogP) is 32.5. The minimum atomic E-state index is 0.0528. The Hall–Kier alpha value is -3.52. The zero-order valence-electron chi connectivity index (χ0n) is 66.3. The minimum Gasteiger partial charge on any atom is -0.491 e. The highest BCUT2D eigenvalue weighted by atomic mass is 32.1. The molecule has 0 spiro atoms. The van der Waals surface area contributed by atoms with Crippen molar-refractivity contribution in [2.45, 2.75) is 375 Å². The molecule has 12 heteroatoms. The summed E-state index contributed by atoms with van der Waals surface area (Å²) in [6.45, 7) is 16.6. The molecule has 8 heterocycles. The van der Waals surface area contributed by atoms with Gasteiger partial charge in [0.25, 0.3) is 11.8 Å². The summed E-state index contributed by atoms with van der Waals surface area (Å²) in [6.07, 6.45) is 66.5. The number of fused-ring (bicyclic) bond motifs is 5. The molecule has 2 aliphatic heterocycles. The molecule has 104 heavy (non-hydrogen) atoms. The molecule has 1 aromatic carbocycles. The molecular formula is C92H140N2O4S6. The van der Waals surface area contributed by atoms with Crippen molar-refractivity contribution in [2.24, 2.45) is 11.8 Å². The fourth-order valence-electron chi connectivity index (χ4n) is 16.5. The number of ether oxygens (including phenoxy) is 2. The highest BCUT2D eigenvalue weighted by Crippen LogP contribution is 2.55. The van der Waals surface area contributed by atoms with E-state index < -0.39 is 0 Å². The van der Waals surface area contributed by atoms with E-state index in [0.29, 0.717) is 36.1 Å². The number of benzene rings is 1. The van der Waals surface area contributed by atoms with E-state index in [1.165, 1.54) is 344 Å². The number of unbranched alkanes of at least 4 members (excludes halogenated alkanes) is 42. The lowest BCUT2D eigenvalue weighted by molar-refractivity contribution is -0.124. The first-order valence-electron chi connectivity index (χ1n) is 43.7. The number of thiophene rings is 6. The monoisotopic (exact) mass is 1530 g/mol. The molecule has 0 bridgehead atoms. The molecule has 578 valence electrons. The summed E-state index contributed by atoms with van der Waals surface area (Å²) in [7, 11) is 0. The quantitative estimate of drug-likeness (QED) is 0.0357. The van der Waals surface area contributed by atoms with E-state index in [1.54, 1.807) is 45.3 Å². The minimum absolute atomic E-state index is 0.0528. The van der Waals surface area contributed by atoms with Crippen LogP contribution >= 0.6 is 68.0 Å². The Morgan fingerprint density at radius 2 is 0.625 bits per heavy atom. The molecule has 0 saturated carbocycles. The number of amides is 2. The number of rotatable bonds is 63. The van der Waals surface area contributed by atoms with E-state index in [0.717, 1.165) is 84.4 Å². The molecule has 6 aromatic heterocycles. The summed E-state index contributed by atoms with van der Waals surface area (Å²) < 4.78 is 21.4. The number of hydrogen-bond donors (Lipinski definition) is 0. The maximum Gasteiger partial charge on any atom is 0.261 e. The largest absolute Gasteiger partial charge is 0.491 e. The van der Waals surface area contributed by atoms with Crippen molar-refractivity contribution in [3.05, 3.63) is 68.1 Å². The van der Waals surface area contributed by atoms with Crippen molar-refractivity contribution < 1.29 is 19.1 Å². The van der Waals surface area contributed by atoms with Gasteiger partial charge < -0.3 is 19.3 Å². The van der Waals surface area contributed by atoms with Gasteiger partial charge in [0.05, 0.1) is 54.9 Å². The van der Waals surface area contributed by atoms with Gasteiger partial charge in [0.1, 0.15) is 11.5 Å². The van der Waals surface area contributed by atoms with Crippen molar-refractivity contribution in [3.63, 3.8) is 0 Å². The molecule has 0 N–H and O–H groups in total. The van der Waals surface area contributed by atoms with Crippen molar-refractivity contribution in [3.8, 4) is 21.3 Å². The SMILES string of the molecule is CCCCCCCCCCCCOc1c2cc(-c3cc4sc(C5=C6C(=O)N(CC(CCCCCCCC)CCCCCCCCCC)C(c7cc8sccc8s7)=C6C(=O)N5CC(CCCCCCCC)CCCCCCCCCC)cc4s3)sc2c(OCCCCCCCCCCCC)c2ccsc12. The van der Waals surface area contributed by atoms with Crippen molar-refractivity contribution in [2.75, 3.05) is 26.3 Å². The predicted molar refractivity (Wildman–Crippen MR) is 465 cm³/mol. The molecule has 0 fully saturated rings. The zero-order valence-corrected chi connectivity index (χ0v) is 71.2. The maximum atomic E-state index is 16.4. The normalized spacial score (nSPS) is 14.1. The average molecular weight is 1530 g/mol. The second-order valence-corrected chi connectivity index (χ2v) is 37.8. The van der Waals surface area contributed by atoms with Crippen LogP contribution in [0.3, 0.4) is 0 Å². The van der Waals surface area contributed by atoms with Gasteiger partial charge in [0.15, 0.2) is 0 Å². The average Bonchev–Trinajstić information content (AvgIpc) is 1.55. The Balaban J connectivity index is 1.06. The van der Waals surface area contributed by atoms with Crippen LogP contribution in [0.1, 0.15) is 385 Å². The van der Waals surface area contributed by atoms with E-state index in [4.69, 9.17) is 9.47 Å². The molecule has 9 rings (SSSR count). The first kappa shape index (κ1) is 84.5. The third-order valence-electron chi connectivity index (χ3n) is 22.8. The number of hydrogen-bond acceptors (Lipinski definition) is 10. The fraction of sp³-hybridized carbons (Fsp3) is 0.696. The van der Waals surface area contributed by atoms with Crippen LogP contribution in [0.25, 0.3) is 60.1 Å². The Kier molecular flexibility index (Phi) is 39.7. The van der Waals surface area contributed by atoms with Gasteiger partial charge in [-0.1, -0.05) is 337 Å². The second-order valence-electron chi connectivity index (χ2n) is 31.6. The van der Waals surface area contributed by atoms with E-state index in [9.17, 15) is 0 Å². The van der Waals surface area contributed by atoms with Crippen molar-refractivity contribution in [1.82, 2.24) is 9.80 Å². The molecule has 2 aliphatic rings. The van der Waals surface area contributed by atoms with Gasteiger partial charge in [-0.25, -0.2) is 0 Å². The lowest BCUT2D eigenvalue weighted by Crippen LogP contribution is -2.34. The molecule has 2 atom stereocenters. The van der Waals surface area contributed by atoms with Crippen LogP contribution in [0.15, 0.2) is 58.3 Å². The van der Waals surface area contributed by atoms with Gasteiger partial charge in [0.2, 0.25) is 0 Å². The van der Waals surface area contributed by atoms with Crippen LogP contribution in [-0.4, -0.2) is 47.9 Å². The van der Waals surface area contributed by atoms with Gasteiger partial charge in [-0.05, 0) is 97.5 Å². The zero-order chi connectivity index (χ0) is 72.8. The van der Waals surface area contributed by atoms with Gasteiger partial charge in [-0.15, -0.1) is 68.0 Å². The molecule has 6 nitrogen and oxygen atoms in total. The number of nitrogens with zero attached hydrogens (tertiary/aromatic N) is 2. The van der Waals surface area contributed by atoms with Gasteiger partial charge in [0, 0.05) is 52.4 Å². The van der Waals surface area contributed by atoms with Crippen LogP contribution in [0, 0.1) is 11.8 Å². The fourth-order valence-corrected chi connectivity index (χ4v) is 23.3. The molecular weight excluding hydrogens is 1390 g/mol. The summed E-state index contributed by atoms with van der Waals surface area (Å²) in [5.41, 5.74) is 3.13. The van der Waals surface area contributed by atoms with Crippen LogP contribution in [-0.2, 0) is 9.59 Å². The highest BCUT2D eigenvalue weighted by molar-refractivity contribution is 7.32. The van der Waals surface area contributed by atoms with Crippen LogP contribution in [0.4, 0.5) is 0 Å². The highest BCUT2D eigenvalue weighted by Gasteiger charge is 2.50. The molecule has 2 unspecified atom stereocenters. The summed E-state index contributed by atoms with van der Waals surface area (Å²) in [5.74, 6) is 2.89. The molecule has 0 saturated heterocycles. The Bertz CT molecular complexity index is 3460. The Morgan fingerprint density at radius 1 is 0.308 bits per heavy atom. The van der Waals surface area contributed by atoms with Crippen molar-refractivity contribution in [1.29, 1.82) is 0 Å². The molecule has 2 amide bonds. The summed E-state index contributed by atoms with van der Waals surface area (Å²) >= 11 is 10.9. The summed E-state index contributed by atoms with van der Waals surface area (Å²) in [6, 6.07) is 14.1. The molecule has 7 aromatic rings. The number of carbonyl (C=O) groups excluding carboxylic acids is 2. The van der Waals surface area contributed by atoms with Crippen LogP contribution in [0.5, 0.6) is 11.5 Å². The molecule has 0 aliphatic carbocycles. The Labute approximate surface area is 656 Å². The van der Waals surface area contributed by atoms with E-state index >= 15 is 9.59 Å². The third kappa shape index (κ3) is 25.8. The number of carbonyl (C=O) groups is 2. The summed E-state index contributed by atoms with van der Waals surface area (Å²) in [4.78, 5) is 41.8. The van der Waals surface area contributed by atoms with E-state index in [-0.39, 0.29) is 11.8 Å². The standard InChI is InChI=1S/C92H140N2O4S6/c1-7-13-19-25-31-35-37-41-47-53-61-97-87-73-59-63-100-89(73)88(98-62-54-48-42-38-36-32-26-20-14-8-2)74-65-77(104-90(74)87)78-67-79-80(102-78)68-82(103-79)86-84-83(91(95)94(86)70-72(56-50-44-30-24-18-12-6)58-52-46-40-34-28-22-16-10-4)85(81-66-76-75(101-81)60-64-99-76)93(92(84)96)69-71(55-49-43-29-23-17-11-5)57-51-45-39-33-27-21-15-9-3/h59-60,63-68,71-72H,7-58,61-62,69-70H2,1-6H3. The van der Waals surface area contributed by atoms with E-state index in [1.807, 2.05) is 22.7 Å². The maximum absolute atomic E-state index is 16.4. The smallest absolute Gasteiger partial charge is 0.261 e. The van der Waals surface area contributed by atoms with Gasteiger partial charge in [-0.2, -0.15) is 0 Å².